The Labute approximate surface area is 155 Å². The first-order valence-electron chi connectivity index (χ1n) is 7.14. The number of aromatic nitrogens is 2. The van der Waals surface area contributed by atoms with Crippen LogP contribution < -0.4 is 10.9 Å². The van der Waals surface area contributed by atoms with Gasteiger partial charge in [0.1, 0.15) is 5.40 Å². The highest BCUT2D eigenvalue weighted by Gasteiger charge is 2.16. The number of halogens is 1. The van der Waals surface area contributed by atoms with Crippen molar-refractivity contribution in [3.8, 4) is 5.40 Å². The highest BCUT2D eigenvalue weighted by Crippen LogP contribution is 2.28. The van der Waals surface area contributed by atoms with Crippen molar-refractivity contribution in [3.63, 3.8) is 0 Å². The lowest BCUT2D eigenvalue weighted by Gasteiger charge is -2.10. The summed E-state index contributed by atoms with van der Waals surface area (Å²) >= 11 is 4.41. The first-order chi connectivity index (χ1) is 12.0. The Morgan fingerprint density at radius 3 is 2.68 bits per heavy atom. The molecular formula is C17H11BrN4O2S. The van der Waals surface area contributed by atoms with Crippen molar-refractivity contribution in [2.24, 2.45) is 7.05 Å². The SMILES string of the molecule is Cn1nc(C(=O)Nc2ccc(SC#N)cc2Br)c2ccccc2c1=O. The quantitative estimate of drug-likeness (QED) is 0.523. The van der Waals surface area contributed by atoms with Gasteiger partial charge in [-0.25, -0.2) is 4.68 Å². The molecule has 0 spiro atoms. The van der Waals surface area contributed by atoms with Gasteiger partial charge in [0, 0.05) is 21.8 Å². The Morgan fingerprint density at radius 2 is 2.00 bits per heavy atom. The van der Waals surface area contributed by atoms with Crippen LogP contribution in [0.5, 0.6) is 0 Å². The second kappa shape index (κ2) is 7.09. The monoisotopic (exact) mass is 414 g/mol. The van der Waals surface area contributed by atoms with E-state index in [-0.39, 0.29) is 11.3 Å². The Morgan fingerprint density at radius 1 is 1.28 bits per heavy atom. The zero-order valence-corrected chi connectivity index (χ0v) is 15.4. The molecule has 0 atom stereocenters. The van der Waals surface area contributed by atoms with Crippen LogP contribution >= 0.6 is 27.7 Å². The summed E-state index contributed by atoms with van der Waals surface area (Å²) in [6.45, 7) is 0. The number of anilines is 1. The Bertz CT molecular complexity index is 1090. The van der Waals surface area contributed by atoms with Crippen LogP contribution in [0.2, 0.25) is 0 Å². The minimum absolute atomic E-state index is 0.167. The minimum atomic E-state index is -0.423. The number of hydrogen-bond donors (Lipinski definition) is 1. The van der Waals surface area contributed by atoms with E-state index in [1.807, 2.05) is 5.40 Å². The van der Waals surface area contributed by atoms with Gasteiger partial charge in [-0.05, 0) is 52.0 Å². The highest BCUT2D eigenvalue weighted by atomic mass is 79.9. The number of nitrogens with one attached hydrogen (secondary N) is 1. The van der Waals surface area contributed by atoms with Gasteiger partial charge in [-0.3, -0.25) is 9.59 Å². The molecule has 1 amide bonds. The number of nitriles is 1. The maximum absolute atomic E-state index is 12.7. The van der Waals surface area contributed by atoms with E-state index < -0.39 is 5.91 Å². The largest absolute Gasteiger partial charge is 0.320 e. The van der Waals surface area contributed by atoms with E-state index in [0.717, 1.165) is 21.3 Å². The third kappa shape index (κ3) is 3.43. The molecule has 0 saturated heterocycles. The number of carbonyl (C=O) groups excluding carboxylic acids is 1. The maximum atomic E-state index is 12.7. The molecule has 0 fully saturated rings. The summed E-state index contributed by atoms with van der Waals surface area (Å²) in [5.74, 6) is -0.423. The summed E-state index contributed by atoms with van der Waals surface area (Å²) in [4.78, 5) is 25.6. The standard InChI is InChI=1S/C17H11BrN4O2S/c1-22-17(24)12-5-3-2-4-11(12)15(21-22)16(23)20-14-7-6-10(25-9-19)8-13(14)18/h2-8H,1H3,(H,20,23). The van der Waals surface area contributed by atoms with Crippen LogP contribution in [0.15, 0.2) is 56.6 Å². The van der Waals surface area contributed by atoms with E-state index in [1.54, 1.807) is 42.5 Å². The lowest BCUT2D eigenvalue weighted by molar-refractivity contribution is 0.102. The number of thioether (sulfide) groups is 1. The van der Waals surface area contributed by atoms with Crippen LogP contribution in [0.4, 0.5) is 5.69 Å². The second-order valence-corrected chi connectivity index (χ2v) is 6.82. The number of rotatable bonds is 3. The van der Waals surface area contributed by atoms with E-state index >= 15 is 0 Å². The van der Waals surface area contributed by atoms with E-state index in [1.165, 1.54) is 7.05 Å². The first kappa shape index (κ1) is 17.2. The summed E-state index contributed by atoms with van der Waals surface area (Å²) < 4.78 is 1.80. The first-order valence-corrected chi connectivity index (χ1v) is 8.75. The molecular weight excluding hydrogens is 404 g/mol. The molecule has 0 aliphatic rings. The second-order valence-electron chi connectivity index (χ2n) is 5.11. The third-order valence-corrected chi connectivity index (χ3v) is 4.76. The van der Waals surface area contributed by atoms with Crippen LogP contribution in [-0.2, 0) is 7.05 Å². The highest BCUT2D eigenvalue weighted by molar-refractivity contribution is 9.10. The molecule has 1 N–H and O–H groups in total. The zero-order valence-electron chi connectivity index (χ0n) is 13.0. The number of fused-ring (bicyclic) bond motifs is 1. The van der Waals surface area contributed by atoms with Gasteiger partial charge < -0.3 is 5.32 Å². The van der Waals surface area contributed by atoms with Crippen LogP contribution in [0.3, 0.4) is 0 Å². The van der Waals surface area contributed by atoms with Gasteiger partial charge in [0.05, 0.1) is 11.1 Å². The summed E-state index contributed by atoms with van der Waals surface area (Å²) in [6, 6.07) is 12.0. The zero-order chi connectivity index (χ0) is 18.0. The lowest BCUT2D eigenvalue weighted by atomic mass is 10.1. The summed E-state index contributed by atoms with van der Waals surface area (Å²) in [5.41, 5.74) is 0.457. The molecule has 3 aromatic rings. The van der Waals surface area contributed by atoms with Crippen LogP contribution in [0.25, 0.3) is 10.8 Å². The number of hydrogen-bond acceptors (Lipinski definition) is 5. The van der Waals surface area contributed by atoms with Crippen LogP contribution in [-0.4, -0.2) is 15.7 Å². The summed E-state index contributed by atoms with van der Waals surface area (Å²) in [6.07, 6.45) is 0. The summed E-state index contributed by atoms with van der Waals surface area (Å²) in [5, 5.41) is 18.5. The Hall–Kier alpha value is -2.63. The number of nitrogens with zero attached hydrogens (tertiary/aromatic N) is 3. The van der Waals surface area contributed by atoms with Gasteiger partial charge in [0.15, 0.2) is 5.69 Å². The smallest absolute Gasteiger partial charge is 0.276 e. The fraction of sp³-hybridized carbons (Fsp3) is 0.0588. The van der Waals surface area contributed by atoms with E-state index in [2.05, 4.69) is 26.3 Å². The number of aryl methyl sites for hydroxylation is 1. The number of thiocyanates is 1. The number of benzene rings is 2. The maximum Gasteiger partial charge on any atom is 0.276 e. The lowest BCUT2D eigenvalue weighted by Crippen LogP contribution is -2.25. The molecule has 2 aromatic carbocycles. The predicted octanol–water partition coefficient (Wildman–Crippen LogP) is 3.52. The average molecular weight is 415 g/mol. The molecule has 25 heavy (non-hydrogen) atoms. The molecule has 6 nitrogen and oxygen atoms in total. The summed E-state index contributed by atoms with van der Waals surface area (Å²) in [7, 11) is 1.51. The molecule has 1 aromatic heterocycles. The van der Waals surface area contributed by atoms with Crippen molar-refractivity contribution in [3.05, 3.63) is 63.0 Å². The average Bonchev–Trinajstić information content (AvgIpc) is 2.60. The topological polar surface area (TPSA) is 87.8 Å². The van der Waals surface area contributed by atoms with Gasteiger partial charge in [-0.2, -0.15) is 10.4 Å². The van der Waals surface area contributed by atoms with Crippen molar-refractivity contribution in [1.82, 2.24) is 9.78 Å². The molecule has 0 aliphatic carbocycles. The van der Waals surface area contributed by atoms with E-state index in [4.69, 9.17) is 5.26 Å². The van der Waals surface area contributed by atoms with Gasteiger partial charge in [-0.15, -0.1) is 0 Å². The molecule has 124 valence electrons. The number of amides is 1. The fourth-order valence-corrected chi connectivity index (χ4v) is 3.41. The predicted molar refractivity (Wildman–Crippen MR) is 101 cm³/mol. The Kier molecular flexibility index (Phi) is 4.88. The molecule has 1 heterocycles. The normalized spacial score (nSPS) is 10.4. The minimum Gasteiger partial charge on any atom is -0.320 e. The molecule has 0 saturated carbocycles. The fourth-order valence-electron chi connectivity index (χ4n) is 2.36. The molecule has 0 aliphatic heterocycles. The van der Waals surface area contributed by atoms with Crippen LogP contribution in [0.1, 0.15) is 10.5 Å². The van der Waals surface area contributed by atoms with E-state index in [0.29, 0.717) is 20.9 Å². The van der Waals surface area contributed by atoms with Crippen LogP contribution in [0, 0.1) is 10.7 Å². The van der Waals surface area contributed by atoms with Crippen molar-refractivity contribution in [2.45, 2.75) is 4.90 Å². The van der Waals surface area contributed by atoms with Crippen molar-refractivity contribution >= 4 is 50.1 Å². The Balaban J connectivity index is 2.00. The van der Waals surface area contributed by atoms with Gasteiger partial charge in [0.2, 0.25) is 0 Å². The molecule has 0 unspecified atom stereocenters. The molecule has 8 heteroatoms. The third-order valence-electron chi connectivity index (χ3n) is 3.52. The van der Waals surface area contributed by atoms with Crippen molar-refractivity contribution < 1.29 is 4.79 Å². The van der Waals surface area contributed by atoms with Crippen molar-refractivity contribution in [1.29, 1.82) is 5.26 Å². The van der Waals surface area contributed by atoms with Crippen molar-refractivity contribution in [2.75, 3.05) is 5.32 Å². The van der Waals surface area contributed by atoms with Gasteiger partial charge in [-0.1, -0.05) is 18.2 Å². The van der Waals surface area contributed by atoms with Gasteiger partial charge in [0.25, 0.3) is 11.5 Å². The van der Waals surface area contributed by atoms with E-state index in [9.17, 15) is 9.59 Å². The number of carbonyl (C=O) groups is 1. The molecule has 3 rings (SSSR count). The van der Waals surface area contributed by atoms with Gasteiger partial charge >= 0.3 is 0 Å². The molecule has 0 bridgehead atoms. The molecule has 0 radical (unpaired) electrons.